The van der Waals surface area contributed by atoms with E-state index >= 15 is 0 Å². The van der Waals surface area contributed by atoms with E-state index in [1.807, 2.05) is 31.2 Å². The van der Waals surface area contributed by atoms with Gasteiger partial charge in [0, 0.05) is 17.8 Å². The van der Waals surface area contributed by atoms with Gasteiger partial charge < -0.3 is 15.4 Å². The van der Waals surface area contributed by atoms with Gasteiger partial charge in [-0.15, -0.1) is 0 Å². The second-order valence-electron chi connectivity index (χ2n) is 6.95. The highest BCUT2D eigenvalue weighted by molar-refractivity contribution is 5.94. The molecule has 150 valence electrons. The Hall–Kier alpha value is -2.82. The molecular formula is C23H30N2O3. The summed E-state index contributed by atoms with van der Waals surface area (Å²) in [6.07, 6.45) is 3.42. The normalized spacial score (nSPS) is 11.5. The molecule has 2 N–H and O–H groups in total. The molecule has 0 unspecified atom stereocenters. The molecule has 1 atom stereocenters. The van der Waals surface area contributed by atoms with Gasteiger partial charge in [-0.1, -0.05) is 45.4 Å². The lowest BCUT2D eigenvalue weighted by atomic mass is 9.99. The molecule has 0 saturated heterocycles. The topological polar surface area (TPSA) is 67.4 Å². The molecular weight excluding hydrogens is 352 g/mol. The lowest BCUT2D eigenvalue weighted by molar-refractivity contribution is -0.118. The van der Waals surface area contributed by atoms with Crippen LogP contribution in [0.15, 0.2) is 48.5 Å². The third-order valence-electron chi connectivity index (χ3n) is 4.62. The van der Waals surface area contributed by atoms with Crippen LogP contribution < -0.4 is 15.4 Å². The number of amides is 2. The first-order chi connectivity index (χ1) is 13.5. The van der Waals surface area contributed by atoms with Crippen molar-refractivity contribution in [1.82, 2.24) is 0 Å². The molecule has 2 rings (SSSR count). The van der Waals surface area contributed by atoms with Crippen LogP contribution in [0, 0.1) is 0 Å². The Kier molecular flexibility index (Phi) is 8.53. The predicted octanol–water partition coefficient (Wildman–Crippen LogP) is 5.35. The number of carbonyl (C=O) groups is 2. The molecule has 5 nitrogen and oxygen atoms in total. The van der Waals surface area contributed by atoms with Crippen molar-refractivity contribution in [1.29, 1.82) is 0 Å². The molecule has 0 spiro atoms. The maximum absolute atomic E-state index is 12.2. The van der Waals surface area contributed by atoms with E-state index in [0.717, 1.165) is 19.3 Å². The lowest BCUT2D eigenvalue weighted by Crippen LogP contribution is -2.20. The van der Waals surface area contributed by atoms with Crippen LogP contribution >= 0.6 is 0 Å². The Labute approximate surface area is 167 Å². The summed E-state index contributed by atoms with van der Waals surface area (Å²) in [5.74, 6) is 0.904. The van der Waals surface area contributed by atoms with Crippen molar-refractivity contribution in [2.24, 2.45) is 0 Å². The van der Waals surface area contributed by atoms with Gasteiger partial charge in [-0.3, -0.25) is 9.59 Å². The summed E-state index contributed by atoms with van der Waals surface area (Å²) in [7, 11) is 0. The highest BCUT2D eigenvalue weighted by atomic mass is 16.5. The van der Waals surface area contributed by atoms with Gasteiger partial charge in [0.05, 0.1) is 0 Å². The van der Waals surface area contributed by atoms with Crippen molar-refractivity contribution >= 4 is 23.2 Å². The average Bonchev–Trinajstić information content (AvgIpc) is 2.70. The van der Waals surface area contributed by atoms with Crippen LogP contribution in [0.25, 0.3) is 0 Å². The highest BCUT2D eigenvalue weighted by Gasteiger charge is 2.07. The fraction of sp³-hybridized carbons (Fsp3) is 0.391. The lowest BCUT2D eigenvalue weighted by Gasteiger charge is -2.11. The summed E-state index contributed by atoms with van der Waals surface area (Å²) < 4.78 is 5.57. The molecule has 28 heavy (non-hydrogen) atoms. The van der Waals surface area contributed by atoms with Crippen molar-refractivity contribution in [3.63, 3.8) is 0 Å². The molecule has 0 aliphatic rings. The van der Waals surface area contributed by atoms with E-state index < -0.39 is 0 Å². The minimum atomic E-state index is -0.250. The van der Waals surface area contributed by atoms with Gasteiger partial charge >= 0.3 is 0 Å². The molecule has 0 radical (unpaired) electrons. The Morgan fingerprint density at radius 1 is 0.964 bits per heavy atom. The third kappa shape index (κ3) is 7.06. The van der Waals surface area contributed by atoms with Crippen LogP contribution in [-0.4, -0.2) is 18.4 Å². The summed E-state index contributed by atoms with van der Waals surface area (Å²) in [4.78, 5) is 24.0. The minimum Gasteiger partial charge on any atom is -0.484 e. The molecule has 0 aliphatic carbocycles. The predicted molar refractivity (Wildman–Crippen MR) is 114 cm³/mol. The van der Waals surface area contributed by atoms with E-state index in [1.54, 1.807) is 24.3 Å². The summed E-state index contributed by atoms with van der Waals surface area (Å²) in [6.45, 7) is 6.32. The van der Waals surface area contributed by atoms with Crippen molar-refractivity contribution in [3.8, 4) is 5.75 Å². The third-order valence-corrected chi connectivity index (χ3v) is 4.62. The maximum Gasteiger partial charge on any atom is 0.262 e. The number of rotatable bonds is 10. The van der Waals surface area contributed by atoms with Crippen molar-refractivity contribution < 1.29 is 14.3 Å². The first-order valence-corrected chi connectivity index (χ1v) is 9.94. The fourth-order valence-electron chi connectivity index (χ4n) is 2.71. The quantitative estimate of drug-likeness (QED) is 0.582. The van der Waals surface area contributed by atoms with Crippen LogP contribution in [0.1, 0.15) is 57.9 Å². The molecule has 0 aliphatic heterocycles. The summed E-state index contributed by atoms with van der Waals surface area (Å²) in [6, 6.07) is 15.0. The van der Waals surface area contributed by atoms with Crippen molar-refractivity contribution in [2.75, 3.05) is 17.2 Å². The fourth-order valence-corrected chi connectivity index (χ4v) is 2.71. The molecule has 0 saturated carbocycles. The molecule has 2 aromatic carbocycles. The van der Waals surface area contributed by atoms with Crippen LogP contribution in [0.3, 0.4) is 0 Å². The second-order valence-corrected chi connectivity index (χ2v) is 6.95. The Balaban J connectivity index is 1.84. The smallest absolute Gasteiger partial charge is 0.262 e. The number of ether oxygens (including phenoxy) is 1. The van der Waals surface area contributed by atoms with Gasteiger partial charge in [0.1, 0.15) is 5.75 Å². The zero-order valence-electron chi connectivity index (χ0n) is 17.0. The zero-order valence-corrected chi connectivity index (χ0v) is 17.0. The number of hydrogen-bond acceptors (Lipinski definition) is 3. The van der Waals surface area contributed by atoms with Crippen LogP contribution in [-0.2, 0) is 9.59 Å². The molecule has 2 amide bonds. The van der Waals surface area contributed by atoms with Gasteiger partial charge in [0.15, 0.2) is 6.61 Å². The van der Waals surface area contributed by atoms with Gasteiger partial charge in [-0.2, -0.15) is 0 Å². The van der Waals surface area contributed by atoms with E-state index in [2.05, 4.69) is 24.5 Å². The molecule has 2 aromatic rings. The first kappa shape index (κ1) is 21.5. The number of unbranched alkanes of at least 4 members (excludes halogenated alkanes) is 1. The summed E-state index contributed by atoms with van der Waals surface area (Å²) in [5, 5.41) is 5.64. The van der Waals surface area contributed by atoms with E-state index in [1.165, 1.54) is 5.56 Å². The Morgan fingerprint density at radius 3 is 2.21 bits per heavy atom. The molecule has 0 heterocycles. The SMILES string of the molecule is CCCCC(=O)Nc1cccc(NC(=O)COc2ccc([C@@H](C)CC)cc2)c1. The van der Waals surface area contributed by atoms with E-state index in [9.17, 15) is 9.59 Å². The Morgan fingerprint density at radius 2 is 1.61 bits per heavy atom. The summed E-state index contributed by atoms with van der Waals surface area (Å²) >= 11 is 0. The maximum atomic E-state index is 12.2. The van der Waals surface area contributed by atoms with Crippen LogP contribution in [0.5, 0.6) is 5.75 Å². The number of anilines is 2. The van der Waals surface area contributed by atoms with Gasteiger partial charge in [0.25, 0.3) is 5.91 Å². The number of benzene rings is 2. The standard InChI is InChI=1S/C23H30N2O3/c1-4-6-10-22(26)24-19-8-7-9-20(15-19)25-23(27)16-28-21-13-11-18(12-14-21)17(3)5-2/h7-9,11-15,17H,4-6,10,16H2,1-3H3,(H,24,26)(H,25,27)/t17-/m0/s1. The van der Waals surface area contributed by atoms with E-state index in [0.29, 0.717) is 29.5 Å². The monoisotopic (exact) mass is 382 g/mol. The second kappa shape index (κ2) is 11.1. The molecule has 5 heteroatoms. The number of hydrogen-bond donors (Lipinski definition) is 2. The molecule has 0 aromatic heterocycles. The van der Waals surface area contributed by atoms with Gasteiger partial charge in [-0.25, -0.2) is 0 Å². The first-order valence-electron chi connectivity index (χ1n) is 9.94. The van der Waals surface area contributed by atoms with E-state index in [-0.39, 0.29) is 18.4 Å². The zero-order chi connectivity index (χ0) is 20.4. The Bertz CT molecular complexity index is 772. The number of carbonyl (C=O) groups excluding carboxylic acids is 2. The van der Waals surface area contributed by atoms with Gasteiger partial charge in [-0.05, 0) is 54.7 Å². The van der Waals surface area contributed by atoms with Gasteiger partial charge in [0.2, 0.25) is 5.91 Å². The largest absolute Gasteiger partial charge is 0.484 e. The van der Waals surface area contributed by atoms with Crippen molar-refractivity contribution in [3.05, 3.63) is 54.1 Å². The average molecular weight is 383 g/mol. The molecule has 0 fully saturated rings. The molecule has 0 bridgehead atoms. The number of nitrogens with one attached hydrogen (secondary N) is 2. The summed E-state index contributed by atoms with van der Waals surface area (Å²) in [5.41, 5.74) is 2.55. The highest BCUT2D eigenvalue weighted by Crippen LogP contribution is 2.21. The minimum absolute atomic E-state index is 0.0190. The van der Waals surface area contributed by atoms with Crippen LogP contribution in [0.4, 0.5) is 11.4 Å². The van der Waals surface area contributed by atoms with Crippen molar-refractivity contribution in [2.45, 2.75) is 52.4 Å². The van der Waals surface area contributed by atoms with Crippen LogP contribution in [0.2, 0.25) is 0 Å². The van der Waals surface area contributed by atoms with E-state index in [4.69, 9.17) is 4.74 Å².